The summed E-state index contributed by atoms with van der Waals surface area (Å²) in [5, 5.41) is 0.00946. The number of ether oxygens (including phenoxy) is 1. The first-order valence-electron chi connectivity index (χ1n) is 10.0. The maximum Gasteiger partial charge on any atom is 0.308 e. The third-order valence-corrected chi connectivity index (χ3v) is 11.9. The Morgan fingerprint density at radius 1 is 1.03 bits per heavy atom. The quantitative estimate of drug-likeness (QED) is 0.368. The van der Waals surface area contributed by atoms with Gasteiger partial charge in [-0.2, -0.15) is 8.42 Å². The molecule has 1 aliphatic carbocycles. The fourth-order valence-electron chi connectivity index (χ4n) is 3.28. The van der Waals surface area contributed by atoms with E-state index in [0.717, 1.165) is 5.56 Å². The first-order chi connectivity index (χ1) is 13.2. The number of esters is 1. The summed E-state index contributed by atoms with van der Waals surface area (Å²) in [4.78, 5) is 12.3. The van der Waals surface area contributed by atoms with E-state index in [4.69, 9.17) is 13.3 Å². The third kappa shape index (κ3) is 6.13. The van der Waals surface area contributed by atoms with Crippen LogP contribution < -0.4 is 0 Å². The molecular weight excluding hydrogens is 408 g/mol. The van der Waals surface area contributed by atoms with Crippen LogP contribution in [0.5, 0.6) is 0 Å². The molecule has 1 aliphatic rings. The molecule has 0 amide bonds. The van der Waals surface area contributed by atoms with Gasteiger partial charge in [0.2, 0.25) is 0 Å². The molecule has 0 spiro atoms. The van der Waals surface area contributed by atoms with E-state index in [-0.39, 0.29) is 22.0 Å². The van der Waals surface area contributed by atoms with Crippen LogP contribution in [-0.4, -0.2) is 42.0 Å². The second kappa shape index (κ2) is 8.87. The van der Waals surface area contributed by atoms with Crippen LogP contribution in [0.3, 0.4) is 0 Å². The molecule has 0 unspecified atom stereocenters. The molecule has 1 aromatic rings. The molecule has 2 rings (SSSR count). The Hall–Kier alpha value is -1.22. The lowest BCUT2D eigenvalue weighted by Crippen LogP contribution is -2.47. The summed E-state index contributed by atoms with van der Waals surface area (Å²) in [7, 11) is -4.66. The average Bonchev–Trinajstić information content (AvgIpc) is 2.59. The molecule has 0 heterocycles. The van der Waals surface area contributed by atoms with Crippen molar-refractivity contribution >= 4 is 24.4 Å². The summed E-state index contributed by atoms with van der Waals surface area (Å²) < 4.78 is 42.5. The van der Waals surface area contributed by atoms with Crippen molar-refractivity contribution in [3.63, 3.8) is 0 Å². The van der Waals surface area contributed by atoms with Crippen molar-refractivity contribution in [3.05, 3.63) is 29.8 Å². The van der Waals surface area contributed by atoms with Gasteiger partial charge < -0.3 is 9.16 Å². The monoisotopic (exact) mass is 442 g/mol. The van der Waals surface area contributed by atoms with Gasteiger partial charge in [0.05, 0.1) is 24.0 Å². The SMILES string of the molecule is COC(=O)[C@@H]1C[C@H](O[Si](C)(C)C(C)(C)C)C[C@H](OS(=O)(=O)c2ccc(C)cc2)C1. The van der Waals surface area contributed by atoms with Crippen molar-refractivity contribution < 1.29 is 26.6 Å². The number of benzene rings is 1. The number of hydrogen-bond donors (Lipinski definition) is 0. The van der Waals surface area contributed by atoms with Crippen LogP contribution in [0.4, 0.5) is 0 Å². The molecule has 164 valence electrons. The van der Waals surface area contributed by atoms with Crippen LogP contribution in [0.15, 0.2) is 29.2 Å². The zero-order valence-electron chi connectivity index (χ0n) is 18.5. The number of carbonyl (C=O) groups is 1. The summed E-state index contributed by atoms with van der Waals surface area (Å²) in [5.74, 6) is -0.795. The van der Waals surface area contributed by atoms with E-state index < -0.39 is 30.5 Å². The first kappa shape index (κ1) is 24.1. The standard InChI is InChI=1S/C21H34O6SSi/c1-15-8-10-19(11-9-15)28(23,24)26-17-12-16(20(22)25-5)13-18(14-17)27-29(6,7)21(2,3)4/h8-11,16-18H,12-14H2,1-7H3/t16-,17+,18-/m0/s1. The van der Waals surface area contributed by atoms with Crippen molar-refractivity contribution in [1.29, 1.82) is 0 Å². The van der Waals surface area contributed by atoms with Gasteiger partial charge in [0.1, 0.15) is 0 Å². The Labute approximate surface area is 176 Å². The minimum absolute atomic E-state index is 0.00946. The van der Waals surface area contributed by atoms with Gasteiger partial charge in [-0.25, -0.2) is 0 Å². The molecule has 0 saturated heterocycles. The third-order valence-electron chi connectivity index (χ3n) is 6.00. The van der Waals surface area contributed by atoms with Crippen LogP contribution in [-0.2, 0) is 28.3 Å². The molecule has 1 aromatic carbocycles. The highest BCUT2D eigenvalue weighted by atomic mass is 32.2. The molecule has 1 saturated carbocycles. The van der Waals surface area contributed by atoms with Crippen molar-refractivity contribution in [2.24, 2.45) is 5.92 Å². The zero-order chi connectivity index (χ0) is 22.0. The molecule has 29 heavy (non-hydrogen) atoms. The van der Waals surface area contributed by atoms with Crippen LogP contribution in [0.1, 0.15) is 45.6 Å². The largest absolute Gasteiger partial charge is 0.469 e. The van der Waals surface area contributed by atoms with E-state index in [9.17, 15) is 13.2 Å². The van der Waals surface area contributed by atoms with Gasteiger partial charge in [0, 0.05) is 12.5 Å². The summed E-state index contributed by atoms with van der Waals surface area (Å²) in [6.45, 7) is 12.6. The highest BCUT2D eigenvalue weighted by molar-refractivity contribution is 7.86. The Balaban J connectivity index is 2.21. The van der Waals surface area contributed by atoms with Gasteiger partial charge in [0.25, 0.3) is 10.1 Å². The lowest BCUT2D eigenvalue weighted by atomic mass is 9.85. The fourth-order valence-corrected chi connectivity index (χ4v) is 5.76. The van der Waals surface area contributed by atoms with E-state index in [1.165, 1.54) is 19.2 Å². The van der Waals surface area contributed by atoms with Gasteiger partial charge in [0.15, 0.2) is 8.32 Å². The van der Waals surface area contributed by atoms with Crippen molar-refractivity contribution in [2.75, 3.05) is 7.11 Å². The molecule has 6 nitrogen and oxygen atoms in total. The Morgan fingerprint density at radius 2 is 1.59 bits per heavy atom. The minimum atomic E-state index is -3.92. The molecule has 0 radical (unpaired) electrons. The van der Waals surface area contributed by atoms with E-state index >= 15 is 0 Å². The van der Waals surface area contributed by atoms with Gasteiger partial charge in [-0.3, -0.25) is 8.98 Å². The predicted molar refractivity (Wildman–Crippen MR) is 115 cm³/mol. The van der Waals surface area contributed by atoms with E-state index in [1.807, 2.05) is 6.92 Å². The second-order valence-electron chi connectivity index (χ2n) is 9.41. The molecule has 8 heteroatoms. The normalized spacial score (nSPS) is 23.6. The minimum Gasteiger partial charge on any atom is -0.469 e. The molecule has 0 N–H and O–H groups in total. The Kier molecular flexibility index (Phi) is 7.36. The predicted octanol–water partition coefficient (Wildman–Crippen LogP) is 4.43. The molecule has 1 fully saturated rings. The highest BCUT2D eigenvalue weighted by Crippen LogP contribution is 2.40. The molecule has 0 bridgehead atoms. The van der Waals surface area contributed by atoms with Crippen LogP contribution in [0.25, 0.3) is 0 Å². The number of methoxy groups -OCH3 is 1. The Bertz CT molecular complexity index is 811. The topological polar surface area (TPSA) is 78.9 Å². The van der Waals surface area contributed by atoms with E-state index in [0.29, 0.717) is 19.3 Å². The smallest absolute Gasteiger partial charge is 0.308 e. The molecular formula is C21H34O6SSi. The molecule has 0 aromatic heterocycles. The van der Waals surface area contributed by atoms with Crippen LogP contribution >= 0.6 is 0 Å². The zero-order valence-corrected chi connectivity index (χ0v) is 20.3. The number of aryl methyl sites for hydroxylation is 1. The molecule has 3 atom stereocenters. The van der Waals surface area contributed by atoms with Crippen LogP contribution in [0, 0.1) is 12.8 Å². The number of carbonyl (C=O) groups excluding carboxylic acids is 1. The maximum absolute atomic E-state index is 12.7. The van der Waals surface area contributed by atoms with E-state index in [1.54, 1.807) is 12.1 Å². The summed E-state index contributed by atoms with van der Waals surface area (Å²) in [6, 6.07) is 6.54. The lowest BCUT2D eigenvalue weighted by Gasteiger charge is -2.42. The molecule has 0 aliphatic heterocycles. The lowest BCUT2D eigenvalue weighted by molar-refractivity contribution is -0.149. The van der Waals surface area contributed by atoms with Crippen molar-refractivity contribution in [1.82, 2.24) is 0 Å². The summed E-state index contributed by atoms with van der Waals surface area (Å²) in [6.07, 6.45) is 0.380. The van der Waals surface area contributed by atoms with Crippen LogP contribution in [0.2, 0.25) is 18.1 Å². The number of hydrogen-bond acceptors (Lipinski definition) is 6. The average molecular weight is 443 g/mol. The second-order valence-corrected chi connectivity index (χ2v) is 15.7. The first-order valence-corrected chi connectivity index (χ1v) is 14.3. The number of rotatable bonds is 6. The van der Waals surface area contributed by atoms with Crippen molar-refractivity contribution in [3.8, 4) is 0 Å². The van der Waals surface area contributed by atoms with Gasteiger partial charge >= 0.3 is 5.97 Å². The maximum atomic E-state index is 12.7. The van der Waals surface area contributed by atoms with Gasteiger partial charge in [-0.05, 0) is 50.0 Å². The van der Waals surface area contributed by atoms with Gasteiger partial charge in [-0.1, -0.05) is 38.5 Å². The summed E-state index contributed by atoms with van der Waals surface area (Å²) >= 11 is 0. The van der Waals surface area contributed by atoms with E-state index in [2.05, 4.69) is 33.9 Å². The van der Waals surface area contributed by atoms with Crippen molar-refractivity contribution in [2.45, 2.75) is 82.2 Å². The summed E-state index contributed by atoms with van der Waals surface area (Å²) in [5.41, 5.74) is 0.968. The fraction of sp³-hybridized carbons (Fsp3) is 0.667. The van der Waals surface area contributed by atoms with Gasteiger partial charge in [-0.15, -0.1) is 0 Å². The Morgan fingerprint density at radius 3 is 2.10 bits per heavy atom. The highest BCUT2D eigenvalue weighted by Gasteiger charge is 2.43.